The Kier molecular flexibility index (Phi) is 3.44. The van der Waals surface area contributed by atoms with Gasteiger partial charge in [-0.3, -0.25) is 4.79 Å². The molecule has 1 heterocycles. The van der Waals surface area contributed by atoms with Gasteiger partial charge in [-0.25, -0.2) is 0 Å². The number of benzene rings is 1. The Labute approximate surface area is 115 Å². The fraction of sp³-hybridized carbons (Fsp3) is 0.462. The van der Waals surface area contributed by atoms with Crippen molar-refractivity contribution in [1.82, 2.24) is 14.1 Å². The summed E-state index contributed by atoms with van der Waals surface area (Å²) in [6.45, 7) is 0.504. The first-order valence-electron chi connectivity index (χ1n) is 6.42. The van der Waals surface area contributed by atoms with E-state index in [1.165, 1.54) is 0 Å². The normalized spacial score (nSPS) is 16.5. The van der Waals surface area contributed by atoms with Crippen LogP contribution in [0.15, 0.2) is 18.2 Å². The third-order valence-electron chi connectivity index (χ3n) is 3.41. The zero-order chi connectivity index (χ0) is 13.2. The van der Waals surface area contributed by atoms with Crippen molar-refractivity contribution in [3.05, 3.63) is 23.8 Å². The molecule has 3 rings (SSSR count). The first-order chi connectivity index (χ1) is 9.24. The minimum Gasteiger partial charge on any atom is -0.393 e. The van der Waals surface area contributed by atoms with Gasteiger partial charge in [0.15, 0.2) is 0 Å². The average molecular weight is 277 g/mol. The lowest BCUT2D eigenvalue weighted by atomic mass is 10.1. The molecule has 0 radical (unpaired) electrons. The zero-order valence-electron chi connectivity index (χ0n) is 10.4. The molecular formula is C13H15N3O2S. The lowest BCUT2D eigenvalue weighted by Crippen LogP contribution is -2.27. The summed E-state index contributed by atoms with van der Waals surface area (Å²) in [6.07, 6.45) is 2.58. The van der Waals surface area contributed by atoms with E-state index in [0.29, 0.717) is 24.4 Å². The highest BCUT2D eigenvalue weighted by molar-refractivity contribution is 7.00. The van der Waals surface area contributed by atoms with Crippen LogP contribution in [0.5, 0.6) is 0 Å². The third-order valence-corrected chi connectivity index (χ3v) is 3.96. The minimum absolute atomic E-state index is 0.127. The van der Waals surface area contributed by atoms with Crippen LogP contribution in [0.3, 0.4) is 0 Å². The van der Waals surface area contributed by atoms with Crippen LogP contribution < -0.4 is 5.32 Å². The van der Waals surface area contributed by atoms with Crippen LogP contribution in [-0.4, -0.2) is 32.4 Å². The molecule has 5 nitrogen and oxygen atoms in total. The predicted molar refractivity (Wildman–Crippen MR) is 73.1 cm³/mol. The monoisotopic (exact) mass is 277 g/mol. The van der Waals surface area contributed by atoms with E-state index in [0.717, 1.165) is 35.6 Å². The van der Waals surface area contributed by atoms with Gasteiger partial charge in [0.05, 0.1) is 17.8 Å². The van der Waals surface area contributed by atoms with Gasteiger partial charge in [-0.05, 0) is 43.4 Å². The number of carbonyl (C=O) groups is 1. The Balaban J connectivity index is 1.56. The maximum Gasteiger partial charge on any atom is 0.251 e. The van der Waals surface area contributed by atoms with Crippen LogP contribution in [0.4, 0.5) is 0 Å². The molecule has 2 aromatic rings. The molecule has 2 N–H and O–H groups in total. The van der Waals surface area contributed by atoms with E-state index in [1.54, 1.807) is 18.2 Å². The van der Waals surface area contributed by atoms with Crippen molar-refractivity contribution in [1.29, 1.82) is 0 Å². The maximum absolute atomic E-state index is 11.9. The molecule has 1 aliphatic carbocycles. The molecule has 1 aliphatic rings. The smallest absolute Gasteiger partial charge is 0.251 e. The van der Waals surface area contributed by atoms with Gasteiger partial charge in [0, 0.05) is 12.1 Å². The van der Waals surface area contributed by atoms with Crippen molar-refractivity contribution >= 4 is 28.7 Å². The first-order valence-corrected chi connectivity index (χ1v) is 7.15. The number of nitrogens with one attached hydrogen (secondary N) is 1. The summed E-state index contributed by atoms with van der Waals surface area (Å²) < 4.78 is 8.21. The second-order valence-corrected chi connectivity index (χ2v) is 5.45. The molecule has 1 aromatic carbocycles. The van der Waals surface area contributed by atoms with Crippen molar-refractivity contribution in [3.8, 4) is 0 Å². The highest BCUT2D eigenvalue weighted by Crippen LogP contribution is 2.33. The SMILES string of the molecule is O=C(NCCC(O)C1CC1)c1ccc2nsnc2c1. The van der Waals surface area contributed by atoms with Gasteiger partial charge in [0.25, 0.3) is 5.91 Å². The lowest BCUT2D eigenvalue weighted by molar-refractivity contribution is 0.0937. The fourth-order valence-electron chi connectivity index (χ4n) is 2.08. The van der Waals surface area contributed by atoms with E-state index in [-0.39, 0.29) is 12.0 Å². The molecule has 1 aromatic heterocycles. The molecular weight excluding hydrogens is 262 g/mol. The summed E-state index contributed by atoms with van der Waals surface area (Å²) >= 11 is 1.14. The van der Waals surface area contributed by atoms with Crippen molar-refractivity contribution in [2.24, 2.45) is 5.92 Å². The van der Waals surface area contributed by atoms with Crippen molar-refractivity contribution in [3.63, 3.8) is 0 Å². The number of hydrogen-bond donors (Lipinski definition) is 2. The highest BCUT2D eigenvalue weighted by atomic mass is 32.1. The van der Waals surface area contributed by atoms with Gasteiger partial charge in [-0.1, -0.05) is 0 Å². The molecule has 0 aliphatic heterocycles. The lowest BCUT2D eigenvalue weighted by Gasteiger charge is -2.09. The number of aromatic nitrogens is 2. The molecule has 1 amide bonds. The van der Waals surface area contributed by atoms with E-state index < -0.39 is 0 Å². The number of hydrogen-bond acceptors (Lipinski definition) is 5. The van der Waals surface area contributed by atoms with Gasteiger partial charge in [-0.15, -0.1) is 0 Å². The second kappa shape index (κ2) is 5.22. The molecule has 0 bridgehead atoms. The quantitative estimate of drug-likeness (QED) is 0.870. The van der Waals surface area contributed by atoms with Crippen LogP contribution in [0.2, 0.25) is 0 Å². The molecule has 19 heavy (non-hydrogen) atoms. The average Bonchev–Trinajstić information content (AvgIpc) is 3.16. The van der Waals surface area contributed by atoms with Crippen LogP contribution in [0.1, 0.15) is 29.6 Å². The Bertz CT molecular complexity index is 594. The van der Waals surface area contributed by atoms with Crippen LogP contribution in [-0.2, 0) is 0 Å². The summed E-state index contributed by atoms with van der Waals surface area (Å²) in [5.41, 5.74) is 2.14. The Morgan fingerprint density at radius 3 is 3.00 bits per heavy atom. The summed E-state index contributed by atoms with van der Waals surface area (Å²) in [7, 11) is 0. The van der Waals surface area contributed by atoms with Gasteiger partial charge < -0.3 is 10.4 Å². The number of aliphatic hydroxyl groups is 1. The fourth-order valence-corrected chi connectivity index (χ4v) is 2.59. The maximum atomic E-state index is 11.9. The van der Waals surface area contributed by atoms with Crippen LogP contribution in [0.25, 0.3) is 11.0 Å². The standard InChI is InChI=1S/C13H15N3O2S/c17-12(8-1-2-8)5-6-14-13(18)9-3-4-10-11(7-9)16-19-15-10/h3-4,7-8,12,17H,1-2,5-6H2,(H,14,18). The van der Waals surface area contributed by atoms with Gasteiger partial charge >= 0.3 is 0 Å². The van der Waals surface area contributed by atoms with E-state index in [9.17, 15) is 9.90 Å². The Hall–Kier alpha value is -1.53. The molecule has 1 unspecified atom stereocenters. The minimum atomic E-state index is -0.273. The van der Waals surface area contributed by atoms with Crippen LogP contribution in [0, 0.1) is 5.92 Å². The Morgan fingerprint density at radius 2 is 2.21 bits per heavy atom. The molecule has 1 fully saturated rings. The van der Waals surface area contributed by atoms with E-state index >= 15 is 0 Å². The highest BCUT2D eigenvalue weighted by Gasteiger charge is 2.29. The molecule has 1 atom stereocenters. The molecule has 0 spiro atoms. The molecule has 6 heteroatoms. The number of amides is 1. The van der Waals surface area contributed by atoms with E-state index in [1.807, 2.05) is 0 Å². The van der Waals surface area contributed by atoms with Gasteiger partial charge in [0.1, 0.15) is 11.0 Å². The van der Waals surface area contributed by atoms with Crippen molar-refractivity contribution in [2.75, 3.05) is 6.54 Å². The zero-order valence-corrected chi connectivity index (χ0v) is 11.2. The summed E-state index contributed by atoms with van der Waals surface area (Å²) in [5, 5.41) is 12.5. The first kappa shape index (κ1) is 12.5. The predicted octanol–water partition coefficient (Wildman–Crippen LogP) is 1.58. The summed E-state index contributed by atoms with van der Waals surface area (Å²) in [6, 6.07) is 5.29. The number of aliphatic hydroxyl groups excluding tert-OH is 1. The molecule has 100 valence electrons. The number of nitrogens with zero attached hydrogens (tertiary/aromatic N) is 2. The number of carbonyl (C=O) groups excluding carboxylic acids is 1. The van der Waals surface area contributed by atoms with Crippen LogP contribution >= 0.6 is 11.7 Å². The Morgan fingerprint density at radius 1 is 1.42 bits per heavy atom. The summed E-state index contributed by atoms with van der Waals surface area (Å²) in [5.74, 6) is 0.326. The molecule has 0 saturated heterocycles. The topological polar surface area (TPSA) is 75.1 Å². The summed E-state index contributed by atoms with van der Waals surface area (Å²) in [4.78, 5) is 11.9. The van der Waals surface area contributed by atoms with Gasteiger partial charge in [0.2, 0.25) is 0 Å². The number of rotatable bonds is 5. The van der Waals surface area contributed by atoms with E-state index in [4.69, 9.17) is 0 Å². The largest absolute Gasteiger partial charge is 0.393 e. The van der Waals surface area contributed by atoms with Crippen molar-refractivity contribution < 1.29 is 9.90 Å². The second-order valence-electron chi connectivity index (χ2n) is 4.92. The van der Waals surface area contributed by atoms with E-state index in [2.05, 4.69) is 14.1 Å². The van der Waals surface area contributed by atoms with Crippen molar-refractivity contribution in [2.45, 2.75) is 25.4 Å². The van der Waals surface area contributed by atoms with Gasteiger partial charge in [-0.2, -0.15) is 8.75 Å². The number of fused-ring (bicyclic) bond motifs is 1. The third kappa shape index (κ3) is 2.90. The molecule has 1 saturated carbocycles.